The van der Waals surface area contributed by atoms with Gasteiger partial charge in [0.25, 0.3) is 0 Å². The summed E-state index contributed by atoms with van der Waals surface area (Å²) in [6.45, 7) is 9.91. The van der Waals surface area contributed by atoms with Gasteiger partial charge in [0.05, 0.1) is 6.61 Å². The van der Waals surface area contributed by atoms with Crippen molar-refractivity contribution in [3.05, 3.63) is 0 Å². The van der Waals surface area contributed by atoms with Gasteiger partial charge in [-0.15, -0.1) is 0 Å². The highest BCUT2D eigenvalue weighted by Crippen LogP contribution is 2.68. The molecule has 0 radical (unpaired) electrons. The Morgan fingerprint density at radius 3 is 2.56 bits per heavy atom. The number of nitrogens with two attached hydrogens (primary N) is 2. The van der Waals surface area contributed by atoms with Crippen molar-refractivity contribution in [2.24, 2.45) is 63.0 Å². The zero-order valence-corrected chi connectivity index (χ0v) is 21.2. The maximum Gasteiger partial charge on any atom is 0.159 e. The molecule has 0 aliphatic heterocycles. The number of hydrogen-bond donors (Lipinski definition) is 2. The van der Waals surface area contributed by atoms with Crippen LogP contribution in [0.5, 0.6) is 0 Å². The number of fused-ring (bicyclic) bond motifs is 5. The van der Waals surface area contributed by atoms with Gasteiger partial charge in [0, 0.05) is 13.0 Å². The number of ether oxygens (including phenoxy) is 1. The van der Waals surface area contributed by atoms with E-state index >= 15 is 0 Å². The van der Waals surface area contributed by atoms with Gasteiger partial charge in [0.1, 0.15) is 12.9 Å². The number of carbonyl (C=O) groups excluding carboxylic acids is 1. The van der Waals surface area contributed by atoms with Crippen LogP contribution >= 0.6 is 0 Å². The molecule has 0 bridgehead atoms. The van der Waals surface area contributed by atoms with Crippen molar-refractivity contribution >= 4 is 12.1 Å². The predicted molar refractivity (Wildman–Crippen MR) is 131 cm³/mol. The number of methoxy groups -OCH3 is 1. The first-order chi connectivity index (χ1) is 15.4. The van der Waals surface area contributed by atoms with Crippen molar-refractivity contribution in [2.75, 3.05) is 20.3 Å². The van der Waals surface area contributed by atoms with Crippen LogP contribution in [-0.4, -0.2) is 37.5 Å². The van der Waals surface area contributed by atoms with Crippen LogP contribution in [0.2, 0.25) is 0 Å². The van der Waals surface area contributed by atoms with Crippen molar-refractivity contribution in [1.29, 1.82) is 0 Å². The summed E-state index contributed by atoms with van der Waals surface area (Å²) in [5.41, 5.74) is 5.81. The van der Waals surface area contributed by atoms with E-state index in [1.165, 1.54) is 50.1 Å². The number of ketones is 1. The quantitative estimate of drug-likeness (QED) is 0.268. The van der Waals surface area contributed by atoms with E-state index in [0.29, 0.717) is 11.3 Å². The van der Waals surface area contributed by atoms with Gasteiger partial charge in [-0.05, 0) is 91.8 Å². The molecule has 0 aromatic rings. The highest BCUT2D eigenvalue weighted by atomic mass is 16.5. The van der Waals surface area contributed by atoms with Crippen LogP contribution in [0, 0.1) is 46.3 Å². The minimum absolute atomic E-state index is 0.102. The van der Waals surface area contributed by atoms with E-state index in [-0.39, 0.29) is 23.7 Å². The average molecular weight is 449 g/mol. The Balaban J connectivity index is 0.00000141. The van der Waals surface area contributed by atoms with Crippen molar-refractivity contribution in [1.82, 2.24) is 5.12 Å². The molecule has 184 valence electrons. The molecule has 4 rings (SSSR count). The number of nitrogens with zero attached hydrogens (tertiary/aromatic N) is 2. The Kier molecular flexibility index (Phi) is 8.30. The van der Waals surface area contributed by atoms with Crippen LogP contribution < -0.4 is 11.6 Å². The second kappa shape index (κ2) is 10.4. The van der Waals surface area contributed by atoms with E-state index in [1.807, 2.05) is 21.0 Å². The summed E-state index contributed by atoms with van der Waals surface area (Å²) in [6.07, 6.45) is 12.5. The molecule has 32 heavy (non-hydrogen) atoms. The summed E-state index contributed by atoms with van der Waals surface area (Å²) in [4.78, 5) is 13.1. The Bertz CT molecular complexity index is 670. The van der Waals surface area contributed by atoms with E-state index in [1.54, 1.807) is 0 Å². The Labute approximate surface area is 195 Å². The smallest absolute Gasteiger partial charge is 0.159 e. The average Bonchev–Trinajstić information content (AvgIpc) is 3.13. The van der Waals surface area contributed by atoms with Crippen LogP contribution in [0.4, 0.5) is 0 Å². The molecule has 4 saturated carbocycles. The Morgan fingerprint density at radius 1 is 1.12 bits per heavy atom. The fourth-order valence-corrected chi connectivity index (χ4v) is 8.74. The molecule has 5 unspecified atom stereocenters. The molecule has 4 aliphatic carbocycles. The number of Topliss-reactive ketones (excluding diaryl/α,β-unsaturated/α-hetero) is 1. The molecule has 0 spiro atoms. The third-order valence-corrected chi connectivity index (χ3v) is 9.96. The van der Waals surface area contributed by atoms with Crippen molar-refractivity contribution in [3.8, 4) is 0 Å². The topological polar surface area (TPSA) is 93.9 Å². The summed E-state index contributed by atoms with van der Waals surface area (Å²) in [7, 11) is 1.90. The predicted octanol–water partition coefficient (Wildman–Crippen LogP) is 4.58. The van der Waals surface area contributed by atoms with Crippen LogP contribution in [0.15, 0.2) is 5.10 Å². The molecule has 0 saturated heterocycles. The molecular weight excluding hydrogens is 400 g/mol. The minimum Gasteiger partial charge on any atom is -0.388 e. The summed E-state index contributed by atoms with van der Waals surface area (Å²) in [5.74, 6) is 10.0. The van der Waals surface area contributed by atoms with Gasteiger partial charge in [-0.1, -0.05) is 34.1 Å². The van der Waals surface area contributed by atoms with Gasteiger partial charge in [0.2, 0.25) is 0 Å². The van der Waals surface area contributed by atoms with Crippen molar-refractivity contribution < 1.29 is 9.53 Å². The third-order valence-electron chi connectivity index (χ3n) is 9.96. The van der Waals surface area contributed by atoms with E-state index in [4.69, 9.17) is 16.3 Å². The lowest BCUT2D eigenvalue weighted by Gasteiger charge is -2.62. The van der Waals surface area contributed by atoms with Gasteiger partial charge in [-0.3, -0.25) is 4.79 Å². The van der Waals surface area contributed by atoms with Gasteiger partial charge in [-0.2, -0.15) is 5.10 Å². The monoisotopic (exact) mass is 448 g/mol. The number of hydrogen-bond acceptors (Lipinski definition) is 5. The zero-order chi connectivity index (χ0) is 23.5. The molecular formula is C26H48N4O2. The lowest BCUT2D eigenvalue weighted by Crippen LogP contribution is -2.56. The second-order valence-corrected chi connectivity index (χ2v) is 11.2. The lowest BCUT2D eigenvalue weighted by atomic mass is 9.44. The summed E-state index contributed by atoms with van der Waals surface area (Å²) in [6, 6.07) is 0. The zero-order valence-electron chi connectivity index (χ0n) is 21.2. The maximum absolute atomic E-state index is 13.1. The van der Waals surface area contributed by atoms with E-state index < -0.39 is 0 Å². The molecule has 4 aliphatic rings. The van der Waals surface area contributed by atoms with Crippen LogP contribution in [0.25, 0.3) is 0 Å². The fourth-order valence-electron chi connectivity index (χ4n) is 8.74. The molecule has 0 heterocycles. The number of hydrazone groups is 1. The molecule has 4 N–H and O–H groups in total. The van der Waals surface area contributed by atoms with E-state index in [9.17, 15) is 4.79 Å². The van der Waals surface area contributed by atoms with Gasteiger partial charge < -0.3 is 10.5 Å². The standard InChI is InChI=1S/C24H42N4O2.C2H6/c1-16-8-11-24(14-30-3)17(12-16)4-5-18-19-6-7-21(22(29)13-28(26)27-15-25)23(19,2)10-9-20(18)24;1-2/h15-21H,4-14,26H2,1-3H3,(H2,25,27);1-2H3/t16?,17-,18+,19?,20?,21-,23?,24?;/m1./s1. The molecule has 8 atom stereocenters. The normalized spacial score (nSPS) is 42.9. The fraction of sp³-hybridized carbons (Fsp3) is 0.923. The Hall–Kier alpha value is -1.14. The van der Waals surface area contributed by atoms with E-state index in [0.717, 1.165) is 49.5 Å². The summed E-state index contributed by atoms with van der Waals surface area (Å²) in [5, 5.41) is 5.03. The highest BCUT2D eigenvalue weighted by Gasteiger charge is 2.62. The van der Waals surface area contributed by atoms with Crippen molar-refractivity contribution in [3.63, 3.8) is 0 Å². The van der Waals surface area contributed by atoms with Crippen LogP contribution in [-0.2, 0) is 9.53 Å². The third kappa shape index (κ3) is 4.34. The SMILES string of the molecule is CC.COCC12CCC(C)C[C@H]1CC[C@H]1C3CC[C@H](C(=O)CN(N)/N=C\N)C3(C)CCC12. The molecule has 0 aromatic heterocycles. The number of rotatable bonds is 6. The van der Waals surface area contributed by atoms with Gasteiger partial charge in [-0.25, -0.2) is 11.0 Å². The first kappa shape index (κ1) is 25.5. The molecule has 0 amide bonds. The van der Waals surface area contributed by atoms with Crippen LogP contribution in [0.1, 0.15) is 85.5 Å². The van der Waals surface area contributed by atoms with Gasteiger partial charge in [0.15, 0.2) is 5.78 Å². The molecule has 4 fully saturated rings. The molecule has 0 aromatic carbocycles. The maximum atomic E-state index is 13.1. The number of carbonyl (C=O) groups is 1. The first-order valence-corrected chi connectivity index (χ1v) is 13.1. The van der Waals surface area contributed by atoms with Gasteiger partial charge >= 0.3 is 0 Å². The second-order valence-electron chi connectivity index (χ2n) is 11.2. The highest BCUT2D eigenvalue weighted by molar-refractivity contribution is 5.84. The molecule has 6 heteroatoms. The first-order valence-electron chi connectivity index (χ1n) is 13.1. The van der Waals surface area contributed by atoms with Crippen LogP contribution in [0.3, 0.4) is 0 Å². The van der Waals surface area contributed by atoms with Crippen molar-refractivity contribution in [2.45, 2.75) is 85.5 Å². The van der Waals surface area contributed by atoms with E-state index in [2.05, 4.69) is 18.9 Å². The Morgan fingerprint density at radius 2 is 1.88 bits per heavy atom. The molecule has 6 nitrogen and oxygen atoms in total. The minimum atomic E-state index is 0.102. The largest absolute Gasteiger partial charge is 0.388 e. The lowest BCUT2D eigenvalue weighted by molar-refractivity contribution is -0.154. The summed E-state index contributed by atoms with van der Waals surface area (Å²) < 4.78 is 5.89. The summed E-state index contributed by atoms with van der Waals surface area (Å²) >= 11 is 0. The number of hydrazine groups is 1.